The summed E-state index contributed by atoms with van der Waals surface area (Å²) in [6.07, 6.45) is 2.55. The van der Waals surface area contributed by atoms with Gasteiger partial charge in [-0.15, -0.1) is 0 Å². The van der Waals surface area contributed by atoms with Crippen molar-refractivity contribution in [2.75, 3.05) is 13.1 Å². The molecule has 1 aromatic carbocycles. The van der Waals surface area contributed by atoms with Crippen LogP contribution >= 0.6 is 0 Å². The first-order valence-corrected chi connectivity index (χ1v) is 7.72. The fourth-order valence-corrected chi connectivity index (χ4v) is 3.10. The van der Waals surface area contributed by atoms with Crippen molar-refractivity contribution < 1.29 is 0 Å². The topological polar surface area (TPSA) is 15.3 Å². The lowest BCUT2D eigenvalue weighted by Crippen LogP contribution is -2.57. The lowest BCUT2D eigenvalue weighted by molar-refractivity contribution is 0.0885. The fourth-order valence-electron chi connectivity index (χ4n) is 3.10. The van der Waals surface area contributed by atoms with Gasteiger partial charge in [0.05, 0.1) is 0 Å². The van der Waals surface area contributed by atoms with Crippen LogP contribution in [0.2, 0.25) is 0 Å². The Morgan fingerprint density at radius 1 is 1.26 bits per heavy atom. The van der Waals surface area contributed by atoms with Gasteiger partial charge in [0.25, 0.3) is 0 Å². The highest BCUT2D eigenvalue weighted by atomic mass is 15.2. The van der Waals surface area contributed by atoms with Crippen molar-refractivity contribution in [2.24, 2.45) is 5.92 Å². The molecule has 0 aliphatic carbocycles. The van der Waals surface area contributed by atoms with Gasteiger partial charge < -0.3 is 5.32 Å². The standard InChI is InChI=1S/C17H28N2/c1-4-8-16-13-19(17(11-18-16)14(2)3)12-15-9-6-5-7-10-15/h5-7,9-10,14,16-18H,4,8,11-13H2,1-3H3. The van der Waals surface area contributed by atoms with Crippen LogP contribution in [0.5, 0.6) is 0 Å². The third-order valence-electron chi connectivity index (χ3n) is 4.17. The van der Waals surface area contributed by atoms with Crippen molar-refractivity contribution in [1.29, 1.82) is 0 Å². The van der Waals surface area contributed by atoms with Gasteiger partial charge in [0.1, 0.15) is 0 Å². The molecule has 2 heteroatoms. The zero-order valence-corrected chi connectivity index (χ0v) is 12.6. The number of nitrogens with zero attached hydrogens (tertiary/aromatic N) is 1. The molecular formula is C17H28N2. The first-order valence-electron chi connectivity index (χ1n) is 7.72. The van der Waals surface area contributed by atoms with Crippen LogP contribution in [0.15, 0.2) is 30.3 Å². The fraction of sp³-hybridized carbons (Fsp3) is 0.647. The summed E-state index contributed by atoms with van der Waals surface area (Å²) in [4.78, 5) is 2.68. The average molecular weight is 260 g/mol. The van der Waals surface area contributed by atoms with E-state index >= 15 is 0 Å². The van der Waals surface area contributed by atoms with Crippen LogP contribution in [-0.4, -0.2) is 30.1 Å². The highest BCUT2D eigenvalue weighted by Gasteiger charge is 2.29. The van der Waals surface area contributed by atoms with E-state index < -0.39 is 0 Å². The number of nitrogens with one attached hydrogen (secondary N) is 1. The molecular weight excluding hydrogens is 232 g/mol. The Morgan fingerprint density at radius 3 is 2.63 bits per heavy atom. The molecule has 2 unspecified atom stereocenters. The van der Waals surface area contributed by atoms with Crippen LogP contribution in [-0.2, 0) is 6.54 Å². The summed E-state index contributed by atoms with van der Waals surface area (Å²) >= 11 is 0. The summed E-state index contributed by atoms with van der Waals surface area (Å²) in [6, 6.07) is 12.2. The van der Waals surface area contributed by atoms with Gasteiger partial charge in [-0.1, -0.05) is 57.5 Å². The van der Waals surface area contributed by atoms with Gasteiger partial charge in [-0.2, -0.15) is 0 Å². The Bertz CT molecular complexity index is 361. The minimum Gasteiger partial charge on any atom is -0.311 e. The zero-order chi connectivity index (χ0) is 13.7. The molecule has 2 nitrogen and oxygen atoms in total. The second-order valence-corrected chi connectivity index (χ2v) is 6.12. The number of piperazine rings is 1. The van der Waals surface area contributed by atoms with Gasteiger partial charge in [0.2, 0.25) is 0 Å². The van der Waals surface area contributed by atoms with Crippen LogP contribution in [0, 0.1) is 5.92 Å². The summed E-state index contributed by atoms with van der Waals surface area (Å²) in [5, 5.41) is 3.73. The van der Waals surface area contributed by atoms with Crippen LogP contribution in [0.3, 0.4) is 0 Å². The molecule has 1 heterocycles. The van der Waals surface area contributed by atoms with E-state index in [0.29, 0.717) is 18.0 Å². The summed E-state index contributed by atoms with van der Waals surface area (Å²) in [7, 11) is 0. The number of hydrogen-bond acceptors (Lipinski definition) is 2. The Labute approximate surface area is 118 Å². The molecule has 0 amide bonds. The van der Waals surface area contributed by atoms with E-state index in [1.807, 2.05) is 0 Å². The molecule has 1 N–H and O–H groups in total. The van der Waals surface area contributed by atoms with E-state index in [4.69, 9.17) is 0 Å². The molecule has 1 fully saturated rings. The molecule has 0 radical (unpaired) electrons. The van der Waals surface area contributed by atoms with Crippen molar-refractivity contribution >= 4 is 0 Å². The first-order chi connectivity index (χ1) is 9.20. The molecule has 2 rings (SSSR count). The van der Waals surface area contributed by atoms with E-state index in [2.05, 4.69) is 61.3 Å². The quantitative estimate of drug-likeness (QED) is 0.874. The number of benzene rings is 1. The monoisotopic (exact) mass is 260 g/mol. The van der Waals surface area contributed by atoms with Gasteiger partial charge in [-0.3, -0.25) is 4.90 Å². The van der Waals surface area contributed by atoms with Crippen molar-refractivity contribution in [3.63, 3.8) is 0 Å². The SMILES string of the molecule is CCCC1CN(Cc2ccccc2)C(C(C)C)CN1. The second-order valence-electron chi connectivity index (χ2n) is 6.12. The molecule has 0 bridgehead atoms. The molecule has 1 aromatic rings. The summed E-state index contributed by atoms with van der Waals surface area (Å²) in [6.45, 7) is 10.4. The highest BCUT2D eigenvalue weighted by Crippen LogP contribution is 2.19. The van der Waals surface area contributed by atoms with E-state index in [1.54, 1.807) is 0 Å². The molecule has 1 saturated heterocycles. The molecule has 1 aliphatic heterocycles. The van der Waals surface area contributed by atoms with Gasteiger partial charge in [-0.05, 0) is 17.9 Å². The Balaban J connectivity index is 2.03. The van der Waals surface area contributed by atoms with Crippen molar-refractivity contribution in [3.8, 4) is 0 Å². The Kier molecular flexibility index (Phi) is 5.41. The maximum absolute atomic E-state index is 3.73. The third kappa shape index (κ3) is 4.05. The van der Waals surface area contributed by atoms with Crippen molar-refractivity contribution in [1.82, 2.24) is 10.2 Å². The minimum absolute atomic E-state index is 0.660. The predicted octanol–water partition coefficient (Wildman–Crippen LogP) is 3.29. The molecule has 0 spiro atoms. The smallest absolute Gasteiger partial charge is 0.0247 e. The van der Waals surface area contributed by atoms with E-state index in [1.165, 1.54) is 24.9 Å². The van der Waals surface area contributed by atoms with Crippen LogP contribution in [0.1, 0.15) is 39.2 Å². The Morgan fingerprint density at radius 2 is 2.00 bits per heavy atom. The van der Waals surface area contributed by atoms with Crippen molar-refractivity contribution in [2.45, 2.75) is 52.2 Å². The van der Waals surface area contributed by atoms with Gasteiger partial charge in [-0.25, -0.2) is 0 Å². The van der Waals surface area contributed by atoms with Gasteiger partial charge in [0.15, 0.2) is 0 Å². The second kappa shape index (κ2) is 7.06. The summed E-state index contributed by atoms with van der Waals surface area (Å²) < 4.78 is 0. The van der Waals surface area contributed by atoms with E-state index in [0.717, 1.165) is 13.1 Å². The molecule has 2 atom stereocenters. The number of rotatable bonds is 5. The maximum Gasteiger partial charge on any atom is 0.0247 e. The van der Waals surface area contributed by atoms with Crippen LogP contribution < -0.4 is 5.32 Å². The molecule has 19 heavy (non-hydrogen) atoms. The Hall–Kier alpha value is -0.860. The molecule has 1 aliphatic rings. The van der Waals surface area contributed by atoms with Gasteiger partial charge in [0, 0.05) is 31.7 Å². The number of hydrogen-bond donors (Lipinski definition) is 1. The highest BCUT2D eigenvalue weighted by molar-refractivity contribution is 5.15. The third-order valence-corrected chi connectivity index (χ3v) is 4.17. The predicted molar refractivity (Wildman–Crippen MR) is 82.2 cm³/mol. The largest absolute Gasteiger partial charge is 0.311 e. The van der Waals surface area contributed by atoms with E-state index in [9.17, 15) is 0 Å². The molecule has 0 saturated carbocycles. The minimum atomic E-state index is 0.660. The average Bonchev–Trinajstić information content (AvgIpc) is 2.40. The first kappa shape index (κ1) is 14.5. The molecule has 0 aromatic heterocycles. The normalized spacial score (nSPS) is 24.8. The molecule has 106 valence electrons. The van der Waals surface area contributed by atoms with Gasteiger partial charge >= 0.3 is 0 Å². The summed E-state index contributed by atoms with van der Waals surface area (Å²) in [5.74, 6) is 0.707. The van der Waals surface area contributed by atoms with Crippen LogP contribution in [0.25, 0.3) is 0 Å². The van der Waals surface area contributed by atoms with Crippen LogP contribution in [0.4, 0.5) is 0 Å². The summed E-state index contributed by atoms with van der Waals surface area (Å²) in [5.41, 5.74) is 1.44. The zero-order valence-electron chi connectivity index (χ0n) is 12.6. The van der Waals surface area contributed by atoms with E-state index in [-0.39, 0.29) is 0 Å². The lowest BCUT2D eigenvalue weighted by Gasteiger charge is -2.42. The lowest BCUT2D eigenvalue weighted by atomic mass is 9.96. The maximum atomic E-state index is 3.73. The van der Waals surface area contributed by atoms with Crippen molar-refractivity contribution in [3.05, 3.63) is 35.9 Å².